The number of aromatic nitrogens is 4. The molecular formula is C28H30FN7O3S. The monoisotopic (exact) mass is 563 g/mol. The van der Waals surface area contributed by atoms with E-state index in [1.807, 2.05) is 11.8 Å². The van der Waals surface area contributed by atoms with E-state index in [-0.39, 0.29) is 24.5 Å². The van der Waals surface area contributed by atoms with Crippen LogP contribution in [0.3, 0.4) is 0 Å². The quantitative estimate of drug-likeness (QED) is 0.347. The molecule has 0 bridgehead atoms. The number of nitrogens with zero attached hydrogens (tertiary/aromatic N) is 6. The first-order valence-corrected chi connectivity index (χ1v) is 14.5. The van der Waals surface area contributed by atoms with Crippen molar-refractivity contribution >= 4 is 32.9 Å². The average Bonchev–Trinajstić information content (AvgIpc) is 2.99. The van der Waals surface area contributed by atoms with Crippen molar-refractivity contribution in [1.29, 1.82) is 0 Å². The van der Waals surface area contributed by atoms with Crippen molar-refractivity contribution in [2.75, 3.05) is 24.5 Å². The molecule has 0 aliphatic carbocycles. The highest BCUT2D eigenvalue weighted by Gasteiger charge is 2.40. The Morgan fingerprint density at radius 1 is 1.07 bits per heavy atom. The lowest BCUT2D eigenvalue weighted by molar-refractivity contribution is -0.125. The lowest BCUT2D eigenvalue weighted by Gasteiger charge is -2.40. The van der Waals surface area contributed by atoms with E-state index >= 15 is 0 Å². The largest absolute Gasteiger partial charge is 0.352 e. The molecule has 0 radical (unpaired) electrons. The molecule has 1 unspecified atom stereocenters. The van der Waals surface area contributed by atoms with Crippen LogP contribution in [0.15, 0.2) is 72.1 Å². The summed E-state index contributed by atoms with van der Waals surface area (Å²) in [6, 6.07) is 12.5. The van der Waals surface area contributed by atoms with Gasteiger partial charge in [0.1, 0.15) is 29.9 Å². The molecule has 40 heavy (non-hydrogen) atoms. The fraction of sp³-hybridized carbons (Fsp3) is 0.321. The number of alkyl halides is 1. The first-order chi connectivity index (χ1) is 19.3. The maximum Gasteiger partial charge on any atom is 0.243 e. The third kappa shape index (κ3) is 5.77. The lowest BCUT2D eigenvalue weighted by atomic mass is 10.1. The van der Waals surface area contributed by atoms with Crippen molar-refractivity contribution < 1.29 is 17.6 Å². The summed E-state index contributed by atoms with van der Waals surface area (Å²) in [6.45, 7) is 4.28. The second kappa shape index (κ2) is 11.6. The second-order valence-corrected chi connectivity index (χ2v) is 11.6. The summed E-state index contributed by atoms with van der Waals surface area (Å²) in [6.07, 6.45) is 3.85. The van der Waals surface area contributed by atoms with Crippen LogP contribution in [-0.4, -0.2) is 64.2 Å². The Kier molecular flexibility index (Phi) is 7.99. The number of nitrogens with one attached hydrogen (secondary N) is 1. The molecule has 4 aromatic rings. The fourth-order valence-electron chi connectivity index (χ4n) is 4.62. The summed E-state index contributed by atoms with van der Waals surface area (Å²) in [4.78, 5) is 32.5. The number of amides is 1. The number of benzene rings is 2. The molecule has 208 valence electrons. The van der Waals surface area contributed by atoms with Crippen LogP contribution < -0.4 is 10.2 Å². The van der Waals surface area contributed by atoms with Gasteiger partial charge in [-0.15, -0.1) is 0 Å². The standard InChI is InChI=1S/C28H30FN7O3S/c1-3-23(29)21-8-6-20(7-9-21)14-32-28(37)25-17-35(26-16-31-24-15-30-18-33-27(24)34-26)12-13-36(25)40(38,39)22-10-4-19(2)5-11-22/h4-11,15-16,18,23,25H,3,12-14,17H2,1-2H3,(H,32,37)/t23?,25-/m1/s1. The fourth-order valence-corrected chi connectivity index (χ4v) is 6.19. The Hall–Kier alpha value is -4.03. The smallest absolute Gasteiger partial charge is 0.243 e. The van der Waals surface area contributed by atoms with E-state index in [1.165, 1.54) is 10.6 Å². The van der Waals surface area contributed by atoms with Crippen molar-refractivity contribution in [3.05, 3.63) is 83.9 Å². The first kappa shape index (κ1) is 27.5. The van der Waals surface area contributed by atoms with E-state index in [2.05, 4.69) is 25.3 Å². The van der Waals surface area contributed by atoms with Crippen molar-refractivity contribution in [3.63, 3.8) is 0 Å². The summed E-state index contributed by atoms with van der Waals surface area (Å²) in [5.41, 5.74) is 3.23. The molecule has 0 saturated carbocycles. The minimum atomic E-state index is -3.97. The van der Waals surface area contributed by atoms with Crippen molar-refractivity contribution in [1.82, 2.24) is 29.6 Å². The summed E-state index contributed by atoms with van der Waals surface area (Å²) >= 11 is 0. The molecule has 2 aromatic heterocycles. The molecular weight excluding hydrogens is 533 g/mol. The van der Waals surface area contributed by atoms with Gasteiger partial charge in [0.15, 0.2) is 5.65 Å². The zero-order valence-corrected chi connectivity index (χ0v) is 23.1. The van der Waals surface area contributed by atoms with Crippen molar-refractivity contribution in [2.45, 2.75) is 43.9 Å². The molecule has 0 spiro atoms. The Morgan fingerprint density at radius 2 is 1.82 bits per heavy atom. The Bertz CT molecular complexity index is 1600. The topological polar surface area (TPSA) is 121 Å². The van der Waals surface area contributed by atoms with Gasteiger partial charge in [-0.25, -0.2) is 32.7 Å². The normalized spacial score (nSPS) is 17.1. The Morgan fingerprint density at radius 3 is 2.55 bits per heavy atom. The van der Waals surface area contributed by atoms with Crippen LogP contribution in [0.5, 0.6) is 0 Å². The highest BCUT2D eigenvalue weighted by atomic mass is 32.2. The molecule has 1 amide bonds. The molecule has 1 N–H and O–H groups in total. The summed E-state index contributed by atoms with van der Waals surface area (Å²) in [5, 5.41) is 2.87. The van der Waals surface area contributed by atoms with E-state index in [4.69, 9.17) is 0 Å². The number of carbonyl (C=O) groups is 1. The summed E-state index contributed by atoms with van der Waals surface area (Å²) < 4.78 is 42.6. The average molecular weight is 564 g/mol. The van der Waals surface area contributed by atoms with Gasteiger partial charge in [-0.05, 0) is 36.6 Å². The van der Waals surface area contributed by atoms with Crippen LogP contribution in [0.4, 0.5) is 10.2 Å². The number of fused-ring (bicyclic) bond motifs is 1. The number of piperazine rings is 1. The van der Waals surface area contributed by atoms with Gasteiger partial charge in [0.05, 0.1) is 17.3 Å². The van der Waals surface area contributed by atoms with Crippen LogP contribution in [0.2, 0.25) is 0 Å². The number of aryl methyl sites for hydroxylation is 1. The van der Waals surface area contributed by atoms with E-state index in [0.717, 1.165) is 11.1 Å². The van der Waals surface area contributed by atoms with Gasteiger partial charge >= 0.3 is 0 Å². The van der Waals surface area contributed by atoms with E-state index < -0.39 is 28.1 Å². The molecule has 5 rings (SSSR count). The number of sulfonamides is 1. The lowest BCUT2D eigenvalue weighted by Crippen LogP contribution is -2.60. The van der Waals surface area contributed by atoms with Crippen molar-refractivity contribution in [3.8, 4) is 0 Å². The van der Waals surface area contributed by atoms with Crippen LogP contribution in [0.1, 0.15) is 36.2 Å². The van der Waals surface area contributed by atoms with Gasteiger partial charge < -0.3 is 10.2 Å². The van der Waals surface area contributed by atoms with Crippen LogP contribution in [0, 0.1) is 6.92 Å². The zero-order chi connectivity index (χ0) is 28.3. The van der Waals surface area contributed by atoms with E-state index in [1.54, 1.807) is 67.8 Å². The number of hydrogen-bond donors (Lipinski definition) is 1. The van der Waals surface area contributed by atoms with E-state index in [9.17, 15) is 17.6 Å². The molecule has 3 heterocycles. The maximum atomic E-state index is 14.0. The minimum Gasteiger partial charge on any atom is -0.352 e. The first-order valence-electron chi connectivity index (χ1n) is 13.0. The molecule has 2 atom stereocenters. The molecule has 1 fully saturated rings. The number of rotatable bonds is 8. The van der Waals surface area contributed by atoms with Crippen LogP contribution in [-0.2, 0) is 21.4 Å². The Balaban J connectivity index is 1.40. The van der Waals surface area contributed by atoms with Gasteiger partial charge in [0, 0.05) is 26.2 Å². The minimum absolute atomic E-state index is 0.0706. The third-order valence-electron chi connectivity index (χ3n) is 6.96. The molecule has 1 aliphatic heterocycles. The second-order valence-electron chi connectivity index (χ2n) is 9.69. The number of halogens is 1. The zero-order valence-electron chi connectivity index (χ0n) is 22.2. The van der Waals surface area contributed by atoms with E-state index in [0.29, 0.717) is 35.5 Å². The van der Waals surface area contributed by atoms with Crippen LogP contribution >= 0.6 is 0 Å². The van der Waals surface area contributed by atoms with Gasteiger partial charge in [0.2, 0.25) is 15.9 Å². The maximum absolute atomic E-state index is 14.0. The van der Waals surface area contributed by atoms with Crippen molar-refractivity contribution in [2.24, 2.45) is 0 Å². The SMILES string of the molecule is CCC(F)c1ccc(CNC(=O)[C@H]2CN(c3cnc4cncnc4n3)CCN2S(=O)(=O)c2ccc(C)cc2)cc1. The van der Waals surface area contributed by atoms with Gasteiger partial charge in [-0.2, -0.15) is 4.31 Å². The summed E-state index contributed by atoms with van der Waals surface area (Å²) in [7, 11) is -3.97. The number of anilines is 1. The predicted octanol–water partition coefficient (Wildman–Crippen LogP) is 3.34. The highest BCUT2D eigenvalue weighted by Crippen LogP contribution is 2.25. The highest BCUT2D eigenvalue weighted by molar-refractivity contribution is 7.89. The number of carbonyl (C=O) groups excluding carboxylic acids is 1. The molecule has 1 aliphatic rings. The van der Waals surface area contributed by atoms with Gasteiger partial charge in [0.25, 0.3) is 0 Å². The third-order valence-corrected chi connectivity index (χ3v) is 8.89. The Labute approximate surface area is 232 Å². The molecule has 2 aromatic carbocycles. The van der Waals surface area contributed by atoms with Crippen LogP contribution in [0.25, 0.3) is 11.2 Å². The predicted molar refractivity (Wildman–Crippen MR) is 149 cm³/mol. The molecule has 12 heteroatoms. The summed E-state index contributed by atoms with van der Waals surface area (Å²) in [5.74, 6) is 0.0427. The van der Waals surface area contributed by atoms with Gasteiger partial charge in [-0.3, -0.25) is 4.79 Å². The molecule has 10 nitrogen and oxygen atoms in total. The molecule has 1 saturated heterocycles. The van der Waals surface area contributed by atoms with Gasteiger partial charge in [-0.1, -0.05) is 48.9 Å². The number of hydrogen-bond acceptors (Lipinski definition) is 8.